The SMILES string of the molecule is COc1ccc(C(=O)N(CCN)CCc2ccccc2)c(OC)c1. The predicted octanol–water partition coefficient (Wildman–Crippen LogP) is 2.35. The lowest BCUT2D eigenvalue weighted by molar-refractivity contribution is 0.0758. The van der Waals surface area contributed by atoms with E-state index in [-0.39, 0.29) is 5.91 Å². The summed E-state index contributed by atoms with van der Waals surface area (Å²) in [6.45, 7) is 1.52. The van der Waals surface area contributed by atoms with E-state index >= 15 is 0 Å². The fraction of sp³-hybridized carbons (Fsp3) is 0.316. The highest BCUT2D eigenvalue weighted by Gasteiger charge is 2.19. The van der Waals surface area contributed by atoms with Gasteiger partial charge in [0.25, 0.3) is 5.91 Å². The molecule has 2 rings (SSSR count). The van der Waals surface area contributed by atoms with E-state index in [1.54, 1.807) is 37.3 Å². The van der Waals surface area contributed by atoms with Gasteiger partial charge in [-0.25, -0.2) is 0 Å². The van der Waals surface area contributed by atoms with Crippen molar-refractivity contribution in [3.63, 3.8) is 0 Å². The molecule has 2 aromatic rings. The van der Waals surface area contributed by atoms with Crippen molar-refractivity contribution in [2.75, 3.05) is 33.9 Å². The second-order valence-corrected chi connectivity index (χ2v) is 5.38. The number of amides is 1. The summed E-state index contributed by atoms with van der Waals surface area (Å²) >= 11 is 0. The Morgan fingerprint density at radius 1 is 1.04 bits per heavy atom. The topological polar surface area (TPSA) is 64.8 Å². The number of benzene rings is 2. The molecular weight excluding hydrogens is 304 g/mol. The van der Waals surface area contributed by atoms with Crippen LogP contribution in [-0.4, -0.2) is 44.7 Å². The zero-order valence-electron chi connectivity index (χ0n) is 14.2. The first-order valence-electron chi connectivity index (χ1n) is 7.95. The van der Waals surface area contributed by atoms with E-state index in [0.717, 1.165) is 6.42 Å². The average molecular weight is 328 g/mol. The Kier molecular flexibility index (Phi) is 6.63. The molecule has 0 saturated carbocycles. The number of hydrogen-bond acceptors (Lipinski definition) is 4. The van der Waals surface area contributed by atoms with Crippen LogP contribution in [0, 0.1) is 0 Å². The molecule has 0 saturated heterocycles. The van der Waals surface area contributed by atoms with Gasteiger partial charge in [0, 0.05) is 25.7 Å². The van der Waals surface area contributed by atoms with Gasteiger partial charge in [-0.2, -0.15) is 0 Å². The lowest BCUT2D eigenvalue weighted by Gasteiger charge is -2.23. The van der Waals surface area contributed by atoms with Crippen LogP contribution in [0.3, 0.4) is 0 Å². The monoisotopic (exact) mass is 328 g/mol. The van der Waals surface area contributed by atoms with Gasteiger partial charge in [0.05, 0.1) is 19.8 Å². The third kappa shape index (κ3) is 4.49. The smallest absolute Gasteiger partial charge is 0.257 e. The summed E-state index contributed by atoms with van der Waals surface area (Å²) in [5.41, 5.74) is 7.39. The standard InChI is InChI=1S/C19H24N2O3/c1-23-16-8-9-17(18(14-16)24-2)19(22)21(13-11-20)12-10-15-6-4-3-5-7-15/h3-9,14H,10-13,20H2,1-2H3. The second kappa shape index (κ2) is 8.93. The molecule has 5 heteroatoms. The molecule has 0 aliphatic rings. The van der Waals surface area contributed by atoms with Gasteiger partial charge >= 0.3 is 0 Å². The van der Waals surface area contributed by atoms with Gasteiger partial charge in [0.1, 0.15) is 11.5 Å². The summed E-state index contributed by atoms with van der Waals surface area (Å²) in [7, 11) is 3.12. The minimum absolute atomic E-state index is 0.0871. The Morgan fingerprint density at radius 3 is 2.42 bits per heavy atom. The highest BCUT2D eigenvalue weighted by atomic mass is 16.5. The lowest BCUT2D eigenvalue weighted by atomic mass is 10.1. The molecule has 0 unspecified atom stereocenters. The highest BCUT2D eigenvalue weighted by molar-refractivity contribution is 5.97. The van der Waals surface area contributed by atoms with E-state index in [4.69, 9.17) is 15.2 Å². The predicted molar refractivity (Wildman–Crippen MR) is 94.6 cm³/mol. The molecule has 0 bridgehead atoms. The number of ether oxygens (including phenoxy) is 2. The summed E-state index contributed by atoms with van der Waals surface area (Å²) in [4.78, 5) is 14.6. The summed E-state index contributed by atoms with van der Waals surface area (Å²) in [6.07, 6.45) is 0.783. The molecule has 0 atom stereocenters. The molecule has 24 heavy (non-hydrogen) atoms. The van der Waals surface area contributed by atoms with E-state index < -0.39 is 0 Å². The van der Waals surface area contributed by atoms with Gasteiger partial charge in [-0.15, -0.1) is 0 Å². The van der Waals surface area contributed by atoms with Gasteiger partial charge in [-0.1, -0.05) is 30.3 Å². The zero-order chi connectivity index (χ0) is 17.4. The first kappa shape index (κ1) is 17.8. The van der Waals surface area contributed by atoms with Crippen molar-refractivity contribution in [3.05, 3.63) is 59.7 Å². The van der Waals surface area contributed by atoms with E-state index in [9.17, 15) is 4.79 Å². The van der Waals surface area contributed by atoms with E-state index in [1.807, 2.05) is 18.2 Å². The quantitative estimate of drug-likeness (QED) is 0.808. The molecule has 0 aliphatic heterocycles. The summed E-state index contributed by atoms with van der Waals surface area (Å²) in [5.74, 6) is 1.06. The lowest BCUT2D eigenvalue weighted by Crippen LogP contribution is -2.37. The molecular formula is C19H24N2O3. The van der Waals surface area contributed by atoms with E-state index in [1.165, 1.54) is 5.56 Å². The maximum Gasteiger partial charge on any atom is 0.257 e. The number of carbonyl (C=O) groups is 1. The molecule has 0 spiro atoms. The van der Waals surface area contributed by atoms with Gasteiger partial charge in [0.2, 0.25) is 0 Å². The number of hydrogen-bond donors (Lipinski definition) is 1. The molecule has 0 radical (unpaired) electrons. The van der Waals surface area contributed by atoms with E-state index in [2.05, 4.69) is 12.1 Å². The Balaban J connectivity index is 2.16. The number of nitrogens with two attached hydrogens (primary N) is 1. The molecule has 0 aliphatic carbocycles. The van der Waals surface area contributed by atoms with Crippen LogP contribution in [0.4, 0.5) is 0 Å². The summed E-state index contributed by atoms with van der Waals surface area (Å²) in [5, 5.41) is 0. The van der Waals surface area contributed by atoms with Crippen LogP contribution in [0.2, 0.25) is 0 Å². The first-order chi connectivity index (χ1) is 11.7. The van der Waals surface area contributed by atoms with Crippen molar-refractivity contribution in [1.29, 1.82) is 0 Å². The highest BCUT2D eigenvalue weighted by Crippen LogP contribution is 2.25. The van der Waals surface area contributed by atoms with Crippen molar-refractivity contribution in [1.82, 2.24) is 4.90 Å². The number of methoxy groups -OCH3 is 2. The summed E-state index contributed by atoms with van der Waals surface area (Å²) < 4.78 is 10.5. The maximum absolute atomic E-state index is 12.9. The molecule has 2 aromatic carbocycles. The van der Waals surface area contributed by atoms with Crippen LogP contribution in [0.15, 0.2) is 48.5 Å². The molecule has 0 heterocycles. The Morgan fingerprint density at radius 2 is 1.79 bits per heavy atom. The van der Waals surface area contributed by atoms with Gasteiger partial charge < -0.3 is 20.1 Å². The first-order valence-corrected chi connectivity index (χ1v) is 7.95. The van der Waals surface area contributed by atoms with Crippen molar-refractivity contribution in [2.24, 2.45) is 5.73 Å². The molecule has 0 aromatic heterocycles. The number of rotatable bonds is 8. The Hall–Kier alpha value is -2.53. The van der Waals surface area contributed by atoms with Crippen LogP contribution in [-0.2, 0) is 6.42 Å². The van der Waals surface area contributed by atoms with Crippen LogP contribution < -0.4 is 15.2 Å². The molecule has 128 valence electrons. The normalized spacial score (nSPS) is 10.3. The van der Waals surface area contributed by atoms with Crippen LogP contribution in [0.5, 0.6) is 11.5 Å². The second-order valence-electron chi connectivity index (χ2n) is 5.38. The fourth-order valence-corrected chi connectivity index (χ4v) is 2.53. The third-order valence-electron chi connectivity index (χ3n) is 3.84. The van der Waals surface area contributed by atoms with Crippen molar-refractivity contribution in [3.8, 4) is 11.5 Å². The fourth-order valence-electron chi connectivity index (χ4n) is 2.53. The van der Waals surface area contributed by atoms with Crippen LogP contribution in [0.25, 0.3) is 0 Å². The van der Waals surface area contributed by atoms with Crippen molar-refractivity contribution in [2.45, 2.75) is 6.42 Å². The van der Waals surface area contributed by atoms with Gasteiger partial charge in [0.15, 0.2) is 0 Å². The van der Waals surface area contributed by atoms with Crippen LogP contribution in [0.1, 0.15) is 15.9 Å². The third-order valence-corrected chi connectivity index (χ3v) is 3.84. The average Bonchev–Trinajstić information content (AvgIpc) is 2.64. The minimum Gasteiger partial charge on any atom is -0.497 e. The summed E-state index contributed by atoms with van der Waals surface area (Å²) in [6, 6.07) is 15.3. The largest absolute Gasteiger partial charge is 0.497 e. The molecule has 2 N–H and O–H groups in total. The van der Waals surface area contributed by atoms with Gasteiger partial charge in [-0.3, -0.25) is 4.79 Å². The minimum atomic E-state index is -0.0871. The number of nitrogens with zero attached hydrogens (tertiary/aromatic N) is 1. The zero-order valence-corrected chi connectivity index (χ0v) is 14.2. The van der Waals surface area contributed by atoms with E-state index in [0.29, 0.717) is 36.7 Å². The number of carbonyl (C=O) groups excluding carboxylic acids is 1. The Labute approximate surface area is 143 Å². The molecule has 5 nitrogen and oxygen atoms in total. The van der Waals surface area contributed by atoms with Crippen LogP contribution >= 0.6 is 0 Å². The van der Waals surface area contributed by atoms with Gasteiger partial charge in [-0.05, 0) is 24.1 Å². The Bertz CT molecular complexity index is 659. The molecule has 0 fully saturated rings. The van der Waals surface area contributed by atoms with Crippen molar-refractivity contribution >= 4 is 5.91 Å². The molecule has 1 amide bonds. The van der Waals surface area contributed by atoms with Crippen molar-refractivity contribution < 1.29 is 14.3 Å². The maximum atomic E-state index is 12.9.